The van der Waals surface area contributed by atoms with E-state index in [0.29, 0.717) is 24.6 Å². The van der Waals surface area contributed by atoms with Gasteiger partial charge in [0.15, 0.2) is 5.69 Å². The molecule has 4 aromatic rings. The van der Waals surface area contributed by atoms with Gasteiger partial charge in [-0.2, -0.15) is 18.3 Å². The van der Waals surface area contributed by atoms with E-state index in [-0.39, 0.29) is 15.1 Å². The largest absolute Gasteiger partial charge is 0.435 e. The summed E-state index contributed by atoms with van der Waals surface area (Å²) in [6.45, 7) is 3.82. The number of nitrogens with one attached hydrogen (secondary N) is 1. The summed E-state index contributed by atoms with van der Waals surface area (Å²) in [6, 6.07) is 17.3. The minimum atomic E-state index is -4.64. The molecule has 10 heteroatoms. The lowest BCUT2D eigenvalue weighted by Gasteiger charge is -2.26. The fourth-order valence-corrected chi connectivity index (χ4v) is 4.96. The van der Waals surface area contributed by atoms with Gasteiger partial charge in [0, 0.05) is 30.7 Å². The molecule has 176 valence electrons. The molecular formula is C24H21F3N4O2S. The number of fused-ring (bicyclic) bond motifs is 1. The van der Waals surface area contributed by atoms with E-state index < -0.39 is 17.8 Å². The Morgan fingerprint density at radius 2 is 1.82 bits per heavy atom. The minimum Gasteiger partial charge on any atom is -0.379 e. The summed E-state index contributed by atoms with van der Waals surface area (Å²) >= 11 is 0.982. The van der Waals surface area contributed by atoms with Crippen LogP contribution in [0.4, 0.5) is 18.9 Å². The van der Waals surface area contributed by atoms with Gasteiger partial charge in [0.05, 0.1) is 23.8 Å². The maximum absolute atomic E-state index is 13.7. The van der Waals surface area contributed by atoms with Crippen LogP contribution in [0.3, 0.4) is 0 Å². The monoisotopic (exact) mass is 486 g/mol. The molecule has 2 aromatic heterocycles. The maximum Gasteiger partial charge on any atom is 0.435 e. The molecule has 1 amide bonds. The topological polar surface area (TPSA) is 59.4 Å². The number of amides is 1. The second kappa shape index (κ2) is 9.21. The molecule has 0 atom stereocenters. The van der Waals surface area contributed by atoms with E-state index in [1.807, 2.05) is 18.2 Å². The van der Waals surface area contributed by atoms with Crippen molar-refractivity contribution < 1.29 is 22.7 Å². The summed E-state index contributed by atoms with van der Waals surface area (Å²) in [5.74, 6) is -0.461. The first-order valence-electron chi connectivity index (χ1n) is 10.7. The minimum absolute atomic E-state index is 0.0902. The Labute approximate surface area is 197 Å². The standard InChI is InChI=1S/C24H21F3N4O2S/c25-24(26,27)21-19-14-20(34-23(19)31(29-21)18-7-2-1-3-8-18)22(32)28-17-6-4-5-16(13-17)15-30-9-11-33-12-10-30/h1-8,13-14H,9-12,15H2,(H,28,32). The normalized spacial score (nSPS) is 15.0. The predicted molar refractivity (Wildman–Crippen MR) is 124 cm³/mol. The molecule has 6 nitrogen and oxygen atoms in total. The molecule has 0 unspecified atom stereocenters. The lowest BCUT2D eigenvalue weighted by Crippen LogP contribution is -2.35. The van der Waals surface area contributed by atoms with Crippen molar-refractivity contribution in [2.24, 2.45) is 0 Å². The van der Waals surface area contributed by atoms with Crippen LogP contribution in [0.5, 0.6) is 0 Å². The number of carbonyl (C=O) groups excluding carboxylic acids is 1. The number of anilines is 1. The van der Waals surface area contributed by atoms with Gasteiger partial charge in [0.2, 0.25) is 0 Å². The highest BCUT2D eigenvalue weighted by Crippen LogP contribution is 2.39. The molecular weight excluding hydrogens is 465 g/mol. The van der Waals surface area contributed by atoms with Crippen molar-refractivity contribution in [3.63, 3.8) is 0 Å². The lowest BCUT2D eigenvalue weighted by atomic mass is 10.1. The second-order valence-corrected chi connectivity index (χ2v) is 9.00. The van der Waals surface area contributed by atoms with Gasteiger partial charge in [0.1, 0.15) is 4.83 Å². The molecule has 0 saturated carbocycles. The second-order valence-electron chi connectivity index (χ2n) is 7.97. The van der Waals surface area contributed by atoms with E-state index in [1.54, 1.807) is 36.4 Å². The van der Waals surface area contributed by atoms with E-state index in [2.05, 4.69) is 15.3 Å². The Morgan fingerprint density at radius 3 is 2.56 bits per heavy atom. The maximum atomic E-state index is 13.7. The molecule has 0 bridgehead atoms. The number of para-hydroxylation sites is 1. The summed E-state index contributed by atoms with van der Waals surface area (Å²) in [5.41, 5.74) is 1.12. The fraction of sp³-hybridized carbons (Fsp3) is 0.250. The highest BCUT2D eigenvalue weighted by atomic mass is 32.1. The molecule has 1 N–H and O–H groups in total. The molecule has 1 aliphatic rings. The van der Waals surface area contributed by atoms with E-state index in [4.69, 9.17) is 4.74 Å². The van der Waals surface area contributed by atoms with E-state index in [9.17, 15) is 18.0 Å². The SMILES string of the molecule is O=C(Nc1cccc(CN2CCOCC2)c1)c1cc2c(C(F)(F)F)nn(-c3ccccc3)c2s1. The molecule has 0 radical (unpaired) electrons. The number of aromatic nitrogens is 2. The van der Waals surface area contributed by atoms with E-state index in [1.165, 1.54) is 10.7 Å². The number of ether oxygens (including phenoxy) is 1. The molecule has 3 heterocycles. The van der Waals surface area contributed by atoms with Crippen molar-refractivity contribution in [1.82, 2.24) is 14.7 Å². The number of rotatable bonds is 5. The summed E-state index contributed by atoms with van der Waals surface area (Å²) in [6.07, 6.45) is -4.64. The van der Waals surface area contributed by atoms with Crippen LogP contribution < -0.4 is 5.32 Å². The average molecular weight is 487 g/mol. The first kappa shape index (κ1) is 22.6. The van der Waals surface area contributed by atoms with Gasteiger partial charge >= 0.3 is 6.18 Å². The Morgan fingerprint density at radius 1 is 1.06 bits per heavy atom. The predicted octanol–water partition coefficient (Wildman–Crippen LogP) is 5.19. The van der Waals surface area contributed by atoms with E-state index in [0.717, 1.165) is 36.5 Å². The van der Waals surface area contributed by atoms with Crippen LogP contribution in [0.15, 0.2) is 60.7 Å². The van der Waals surface area contributed by atoms with Crippen LogP contribution >= 0.6 is 11.3 Å². The summed E-state index contributed by atoms with van der Waals surface area (Å²) < 4.78 is 47.6. The van der Waals surface area contributed by atoms with Gasteiger partial charge in [-0.15, -0.1) is 11.3 Å². The van der Waals surface area contributed by atoms with Gasteiger partial charge in [0.25, 0.3) is 5.91 Å². The van der Waals surface area contributed by atoms with Gasteiger partial charge in [-0.1, -0.05) is 30.3 Å². The number of morpholine rings is 1. The molecule has 0 aliphatic carbocycles. The summed E-state index contributed by atoms with van der Waals surface area (Å²) in [4.78, 5) is 15.7. The lowest BCUT2D eigenvalue weighted by molar-refractivity contribution is -0.140. The van der Waals surface area contributed by atoms with E-state index >= 15 is 0 Å². The Kier molecular flexibility index (Phi) is 6.11. The average Bonchev–Trinajstić information content (AvgIpc) is 3.40. The number of thiophene rings is 1. The van der Waals surface area contributed by atoms with Gasteiger partial charge < -0.3 is 10.1 Å². The smallest absolute Gasteiger partial charge is 0.379 e. The molecule has 34 heavy (non-hydrogen) atoms. The zero-order chi connectivity index (χ0) is 23.7. The van der Waals surface area contributed by atoms with Crippen molar-refractivity contribution >= 4 is 33.1 Å². The number of halogens is 3. The zero-order valence-corrected chi connectivity index (χ0v) is 18.8. The number of benzene rings is 2. The van der Waals surface area contributed by atoms with Crippen LogP contribution in [0.25, 0.3) is 15.9 Å². The number of alkyl halides is 3. The quantitative estimate of drug-likeness (QED) is 0.422. The van der Waals surface area contributed by atoms with Crippen molar-refractivity contribution in [2.75, 3.05) is 31.6 Å². The Balaban J connectivity index is 1.42. The molecule has 2 aromatic carbocycles. The zero-order valence-electron chi connectivity index (χ0n) is 18.0. The van der Waals surface area contributed by atoms with Crippen LogP contribution in [0.1, 0.15) is 20.9 Å². The highest BCUT2D eigenvalue weighted by Gasteiger charge is 2.38. The molecule has 1 fully saturated rings. The van der Waals surface area contributed by atoms with Crippen molar-refractivity contribution in [2.45, 2.75) is 12.7 Å². The summed E-state index contributed by atoms with van der Waals surface area (Å²) in [7, 11) is 0. The molecule has 1 saturated heterocycles. The number of nitrogens with zero attached hydrogens (tertiary/aromatic N) is 3. The number of hydrogen-bond donors (Lipinski definition) is 1. The first-order chi connectivity index (χ1) is 16.4. The number of hydrogen-bond acceptors (Lipinski definition) is 5. The summed E-state index contributed by atoms with van der Waals surface area (Å²) in [5, 5.41) is 6.53. The highest BCUT2D eigenvalue weighted by molar-refractivity contribution is 7.20. The third kappa shape index (κ3) is 4.70. The van der Waals surface area contributed by atoms with Gasteiger partial charge in [-0.25, -0.2) is 4.68 Å². The van der Waals surface area contributed by atoms with Crippen LogP contribution in [0, 0.1) is 0 Å². The van der Waals surface area contributed by atoms with Crippen LogP contribution in [-0.4, -0.2) is 46.9 Å². The fourth-order valence-electron chi connectivity index (χ4n) is 3.93. The molecule has 0 spiro atoms. The van der Waals surface area contributed by atoms with Gasteiger partial charge in [-0.3, -0.25) is 9.69 Å². The molecule has 1 aliphatic heterocycles. The first-order valence-corrected chi connectivity index (χ1v) is 11.6. The Bertz CT molecular complexity index is 1310. The third-order valence-corrected chi connectivity index (χ3v) is 6.66. The van der Waals surface area contributed by atoms with Crippen molar-refractivity contribution in [1.29, 1.82) is 0 Å². The van der Waals surface area contributed by atoms with Crippen molar-refractivity contribution in [3.8, 4) is 5.69 Å². The third-order valence-electron chi connectivity index (χ3n) is 5.55. The van der Waals surface area contributed by atoms with Crippen LogP contribution in [-0.2, 0) is 17.5 Å². The number of carbonyl (C=O) groups is 1. The van der Waals surface area contributed by atoms with Crippen LogP contribution in [0.2, 0.25) is 0 Å². The van der Waals surface area contributed by atoms with Gasteiger partial charge in [-0.05, 0) is 35.9 Å². The van der Waals surface area contributed by atoms with Crippen molar-refractivity contribution in [3.05, 3.63) is 76.8 Å². The Hall–Kier alpha value is -3.21. The molecule has 5 rings (SSSR count).